The monoisotopic (exact) mass is 341 g/mol. The molecule has 0 unspecified atom stereocenters. The summed E-state index contributed by atoms with van der Waals surface area (Å²) in [5.41, 5.74) is 1.97. The molecular weight excluding hydrogens is 318 g/mol. The number of nitrogens with zero attached hydrogens (tertiary/aromatic N) is 4. The van der Waals surface area contributed by atoms with Crippen LogP contribution in [0.3, 0.4) is 0 Å². The lowest BCUT2D eigenvalue weighted by Crippen LogP contribution is -2.44. The molecule has 0 aromatic carbocycles. The van der Waals surface area contributed by atoms with Crippen molar-refractivity contribution in [1.29, 1.82) is 0 Å². The van der Waals surface area contributed by atoms with Gasteiger partial charge in [0.2, 0.25) is 5.76 Å². The average Bonchev–Trinajstić information content (AvgIpc) is 3.04. The predicted molar refractivity (Wildman–Crippen MR) is 95.0 cm³/mol. The molecule has 2 aliphatic rings. The number of anilines is 2. The highest BCUT2D eigenvalue weighted by molar-refractivity contribution is 6.01. The minimum absolute atomic E-state index is 0.242. The van der Waals surface area contributed by atoms with E-state index in [2.05, 4.69) is 32.3 Å². The Morgan fingerprint density at radius 1 is 1.24 bits per heavy atom. The van der Waals surface area contributed by atoms with Gasteiger partial charge in [-0.1, -0.05) is 11.6 Å². The van der Waals surface area contributed by atoms with Gasteiger partial charge in [0, 0.05) is 38.2 Å². The highest BCUT2D eigenvalue weighted by atomic mass is 16.5. The first-order valence-corrected chi connectivity index (χ1v) is 8.86. The van der Waals surface area contributed by atoms with Gasteiger partial charge in [-0.05, 0) is 32.0 Å². The van der Waals surface area contributed by atoms with Gasteiger partial charge < -0.3 is 19.6 Å². The molecule has 0 radical (unpaired) electrons. The molecule has 1 aliphatic carbocycles. The predicted octanol–water partition coefficient (Wildman–Crippen LogP) is 2.34. The maximum atomic E-state index is 12.3. The molecule has 2 aromatic rings. The van der Waals surface area contributed by atoms with Crippen LogP contribution in [0.4, 0.5) is 11.5 Å². The number of amides is 1. The molecular formula is C18H23N5O2. The third-order valence-corrected chi connectivity index (χ3v) is 5.13. The Labute approximate surface area is 147 Å². The van der Waals surface area contributed by atoms with Crippen LogP contribution in [0.2, 0.25) is 0 Å². The van der Waals surface area contributed by atoms with E-state index < -0.39 is 0 Å². The summed E-state index contributed by atoms with van der Waals surface area (Å²) in [6.45, 7) is 4.08. The number of carbonyl (C=O) groups is 1. The summed E-state index contributed by atoms with van der Waals surface area (Å²) in [6, 6.07) is 5.57. The second kappa shape index (κ2) is 6.84. The van der Waals surface area contributed by atoms with Crippen LogP contribution >= 0.6 is 0 Å². The molecule has 2 fully saturated rings. The molecule has 7 nitrogen and oxygen atoms in total. The van der Waals surface area contributed by atoms with Crippen LogP contribution in [-0.4, -0.2) is 54.2 Å². The van der Waals surface area contributed by atoms with Gasteiger partial charge in [-0.25, -0.2) is 4.98 Å². The van der Waals surface area contributed by atoms with Crippen molar-refractivity contribution < 1.29 is 9.32 Å². The Morgan fingerprint density at radius 2 is 2.04 bits per heavy atom. The lowest BCUT2D eigenvalue weighted by Gasteiger charge is -2.33. The van der Waals surface area contributed by atoms with Gasteiger partial charge in [-0.3, -0.25) is 4.79 Å². The fraction of sp³-hybridized carbons (Fsp3) is 0.500. The fourth-order valence-electron chi connectivity index (χ4n) is 3.18. The van der Waals surface area contributed by atoms with E-state index in [1.54, 1.807) is 12.3 Å². The summed E-state index contributed by atoms with van der Waals surface area (Å²) in [5, 5.41) is 6.79. The standard InChI is InChI=1S/C18H23N5O2/c1-22-7-9-23(10-8-22)14-5-6-17(19-12-14)20-18(24)16-11-15(21-25-16)13-3-2-4-13/h5-6,11-13H,2-4,7-10H2,1H3,(H,19,20,24). The number of nitrogens with one attached hydrogen (secondary N) is 1. The van der Waals surface area contributed by atoms with Crippen LogP contribution in [0, 0.1) is 0 Å². The Bertz CT molecular complexity index is 730. The number of likely N-dealkylation sites (N-methyl/N-ethyl adjacent to an activating group) is 1. The van der Waals surface area contributed by atoms with Crippen LogP contribution in [0.1, 0.15) is 41.4 Å². The molecule has 1 amide bonds. The summed E-state index contributed by atoms with van der Waals surface area (Å²) in [5.74, 6) is 0.903. The van der Waals surface area contributed by atoms with E-state index in [9.17, 15) is 4.79 Å². The first-order chi connectivity index (χ1) is 12.2. The van der Waals surface area contributed by atoms with Crippen LogP contribution < -0.4 is 10.2 Å². The van der Waals surface area contributed by atoms with Crippen molar-refractivity contribution in [2.75, 3.05) is 43.4 Å². The van der Waals surface area contributed by atoms with E-state index >= 15 is 0 Å². The topological polar surface area (TPSA) is 74.5 Å². The van der Waals surface area contributed by atoms with E-state index in [1.165, 1.54) is 6.42 Å². The summed E-state index contributed by atoms with van der Waals surface area (Å²) in [4.78, 5) is 21.3. The molecule has 2 aromatic heterocycles. The Kier molecular flexibility index (Phi) is 4.40. The van der Waals surface area contributed by atoms with Gasteiger partial charge in [0.15, 0.2) is 0 Å². The van der Waals surface area contributed by atoms with Crippen molar-refractivity contribution >= 4 is 17.4 Å². The molecule has 4 rings (SSSR count). The van der Waals surface area contributed by atoms with Gasteiger partial charge >= 0.3 is 0 Å². The highest BCUT2D eigenvalue weighted by Crippen LogP contribution is 2.35. The molecule has 3 heterocycles. The normalized spacial score (nSPS) is 18.8. The number of hydrogen-bond donors (Lipinski definition) is 1. The molecule has 132 valence electrons. The third-order valence-electron chi connectivity index (χ3n) is 5.13. The quantitative estimate of drug-likeness (QED) is 0.920. The smallest absolute Gasteiger partial charge is 0.295 e. The molecule has 1 aliphatic heterocycles. The van der Waals surface area contributed by atoms with E-state index in [-0.39, 0.29) is 11.7 Å². The number of pyridine rings is 1. The van der Waals surface area contributed by atoms with Crippen LogP contribution in [0.15, 0.2) is 28.9 Å². The third kappa shape index (κ3) is 3.51. The Hall–Kier alpha value is -2.41. The van der Waals surface area contributed by atoms with Crippen molar-refractivity contribution in [2.24, 2.45) is 0 Å². The SMILES string of the molecule is CN1CCN(c2ccc(NC(=O)c3cc(C4CCC4)no3)nc2)CC1. The van der Waals surface area contributed by atoms with E-state index in [4.69, 9.17) is 4.52 Å². The Morgan fingerprint density at radius 3 is 2.68 bits per heavy atom. The number of hydrogen-bond acceptors (Lipinski definition) is 6. The number of piperazine rings is 1. The minimum Gasteiger partial charge on any atom is -0.368 e. The summed E-state index contributed by atoms with van der Waals surface area (Å²) in [7, 11) is 2.13. The van der Waals surface area contributed by atoms with Crippen molar-refractivity contribution in [3.63, 3.8) is 0 Å². The molecule has 0 spiro atoms. The number of rotatable bonds is 4. The lowest BCUT2D eigenvalue weighted by molar-refractivity contribution is 0.0987. The molecule has 1 saturated carbocycles. The zero-order chi connectivity index (χ0) is 17.2. The van der Waals surface area contributed by atoms with Crippen molar-refractivity contribution in [3.05, 3.63) is 35.9 Å². The van der Waals surface area contributed by atoms with Crippen LogP contribution in [0.5, 0.6) is 0 Å². The molecule has 0 atom stereocenters. The molecule has 7 heteroatoms. The van der Waals surface area contributed by atoms with Gasteiger partial charge in [0.05, 0.1) is 17.6 Å². The highest BCUT2D eigenvalue weighted by Gasteiger charge is 2.24. The molecule has 1 N–H and O–H groups in total. The Balaban J connectivity index is 1.37. The maximum absolute atomic E-state index is 12.3. The fourth-order valence-corrected chi connectivity index (χ4v) is 3.18. The first kappa shape index (κ1) is 16.1. The molecule has 25 heavy (non-hydrogen) atoms. The van der Waals surface area contributed by atoms with Crippen LogP contribution in [-0.2, 0) is 0 Å². The second-order valence-electron chi connectivity index (χ2n) is 6.89. The van der Waals surface area contributed by atoms with E-state index in [1.807, 2.05) is 12.1 Å². The zero-order valence-electron chi connectivity index (χ0n) is 14.4. The summed E-state index contributed by atoms with van der Waals surface area (Å²) in [6.07, 6.45) is 5.29. The van der Waals surface area contributed by atoms with Gasteiger partial charge in [0.25, 0.3) is 5.91 Å². The molecule has 1 saturated heterocycles. The summed E-state index contributed by atoms with van der Waals surface area (Å²) < 4.78 is 5.18. The summed E-state index contributed by atoms with van der Waals surface area (Å²) >= 11 is 0. The average molecular weight is 341 g/mol. The van der Waals surface area contributed by atoms with Gasteiger partial charge in [-0.15, -0.1) is 0 Å². The minimum atomic E-state index is -0.307. The van der Waals surface area contributed by atoms with Gasteiger partial charge in [-0.2, -0.15) is 0 Å². The largest absolute Gasteiger partial charge is 0.368 e. The van der Waals surface area contributed by atoms with E-state index in [0.717, 1.165) is 50.4 Å². The van der Waals surface area contributed by atoms with Crippen molar-refractivity contribution in [1.82, 2.24) is 15.0 Å². The van der Waals surface area contributed by atoms with Gasteiger partial charge in [0.1, 0.15) is 5.82 Å². The van der Waals surface area contributed by atoms with Crippen molar-refractivity contribution in [2.45, 2.75) is 25.2 Å². The molecule has 0 bridgehead atoms. The zero-order valence-corrected chi connectivity index (χ0v) is 14.4. The van der Waals surface area contributed by atoms with Crippen LogP contribution in [0.25, 0.3) is 0 Å². The first-order valence-electron chi connectivity index (χ1n) is 8.86. The lowest BCUT2D eigenvalue weighted by atomic mass is 9.83. The van der Waals surface area contributed by atoms with E-state index in [0.29, 0.717) is 11.7 Å². The second-order valence-corrected chi connectivity index (χ2v) is 6.89. The number of aromatic nitrogens is 2. The number of carbonyl (C=O) groups excluding carboxylic acids is 1. The van der Waals surface area contributed by atoms with Crippen molar-refractivity contribution in [3.8, 4) is 0 Å². The maximum Gasteiger partial charge on any atom is 0.295 e.